The average Bonchev–Trinajstić information content (AvgIpc) is 2.85. The number of anilines is 1. The van der Waals surface area contributed by atoms with E-state index in [1.165, 1.54) is 16.9 Å². The van der Waals surface area contributed by atoms with Crippen LogP contribution in [0.5, 0.6) is 0 Å². The molecular weight excluding hydrogens is 270 g/mol. The summed E-state index contributed by atoms with van der Waals surface area (Å²) in [5.74, 6) is 0.432. The van der Waals surface area contributed by atoms with Gasteiger partial charge < -0.3 is 11.1 Å². The Kier molecular flexibility index (Phi) is 5.12. The van der Waals surface area contributed by atoms with Gasteiger partial charge in [0.25, 0.3) is 0 Å². The monoisotopic (exact) mass is 289 g/mol. The molecule has 0 radical (unpaired) electrons. The molecule has 2 aromatic rings. The first-order chi connectivity index (χ1) is 9.65. The van der Waals surface area contributed by atoms with Crippen molar-refractivity contribution in [2.24, 2.45) is 0 Å². The second-order valence-corrected chi connectivity index (χ2v) is 5.69. The maximum Gasteiger partial charge on any atom is 0.226 e. The Morgan fingerprint density at radius 1 is 1.40 bits per heavy atom. The van der Waals surface area contributed by atoms with Crippen LogP contribution < -0.4 is 11.1 Å². The molecule has 20 heavy (non-hydrogen) atoms. The number of nitrogens with one attached hydrogen (secondary N) is 1. The Morgan fingerprint density at radius 3 is 2.80 bits per heavy atom. The number of rotatable bonds is 6. The van der Waals surface area contributed by atoms with Crippen LogP contribution in [0.1, 0.15) is 30.5 Å². The van der Waals surface area contributed by atoms with Crippen molar-refractivity contribution >= 4 is 22.4 Å². The lowest BCUT2D eigenvalue weighted by atomic mass is 9.98. The standard InChI is InChI=1S/C15H19N3OS/c1-11(12-5-3-2-4-6-12)7-8-17-14(19)9-13-10-20-15(16)18-13/h2-6,10-11H,7-9H2,1H3,(H2,16,18)(H,17,19). The van der Waals surface area contributed by atoms with Gasteiger partial charge in [0, 0.05) is 11.9 Å². The van der Waals surface area contributed by atoms with Gasteiger partial charge in [-0.1, -0.05) is 37.3 Å². The number of thiazole rings is 1. The van der Waals surface area contributed by atoms with Crippen LogP contribution in [0.15, 0.2) is 35.7 Å². The molecule has 0 aliphatic rings. The Morgan fingerprint density at radius 2 is 2.15 bits per heavy atom. The van der Waals surface area contributed by atoms with E-state index in [2.05, 4.69) is 29.4 Å². The number of hydrogen-bond acceptors (Lipinski definition) is 4. The van der Waals surface area contributed by atoms with E-state index < -0.39 is 0 Å². The third kappa shape index (κ3) is 4.35. The van der Waals surface area contributed by atoms with Gasteiger partial charge in [0.05, 0.1) is 12.1 Å². The Bertz CT molecular complexity index is 553. The zero-order chi connectivity index (χ0) is 14.4. The van der Waals surface area contributed by atoms with Crippen LogP contribution in [-0.2, 0) is 11.2 Å². The summed E-state index contributed by atoms with van der Waals surface area (Å²) in [4.78, 5) is 15.8. The molecule has 0 aliphatic heterocycles. The highest BCUT2D eigenvalue weighted by Gasteiger charge is 2.08. The van der Waals surface area contributed by atoms with Crippen LogP contribution in [0, 0.1) is 0 Å². The SMILES string of the molecule is CC(CCNC(=O)Cc1csc(N)n1)c1ccccc1. The molecule has 3 N–H and O–H groups in total. The van der Waals surface area contributed by atoms with Crippen LogP contribution in [0.3, 0.4) is 0 Å². The second kappa shape index (κ2) is 7.05. The highest BCUT2D eigenvalue weighted by atomic mass is 32.1. The minimum absolute atomic E-state index is 0.00411. The van der Waals surface area contributed by atoms with E-state index >= 15 is 0 Å². The van der Waals surface area contributed by atoms with E-state index in [-0.39, 0.29) is 5.91 Å². The quantitative estimate of drug-likeness (QED) is 0.859. The Balaban J connectivity index is 1.71. The summed E-state index contributed by atoms with van der Waals surface area (Å²) in [6.07, 6.45) is 1.22. The molecule has 0 saturated heterocycles. The van der Waals surface area contributed by atoms with E-state index in [0.29, 0.717) is 24.0 Å². The van der Waals surface area contributed by atoms with Gasteiger partial charge in [0.2, 0.25) is 5.91 Å². The Hall–Kier alpha value is -1.88. The molecule has 1 heterocycles. The lowest BCUT2D eigenvalue weighted by Crippen LogP contribution is -2.27. The second-order valence-electron chi connectivity index (χ2n) is 4.80. The lowest BCUT2D eigenvalue weighted by Gasteiger charge is -2.12. The van der Waals surface area contributed by atoms with Gasteiger partial charge in [-0.2, -0.15) is 0 Å². The van der Waals surface area contributed by atoms with Crippen LogP contribution in [0.4, 0.5) is 5.13 Å². The molecule has 1 aromatic carbocycles. The van der Waals surface area contributed by atoms with Crippen molar-refractivity contribution in [1.82, 2.24) is 10.3 Å². The predicted octanol–water partition coefficient (Wildman–Crippen LogP) is 2.58. The van der Waals surface area contributed by atoms with Crippen LogP contribution in [-0.4, -0.2) is 17.4 Å². The molecule has 4 nitrogen and oxygen atoms in total. The van der Waals surface area contributed by atoms with Crippen molar-refractivity contribution < 1.29 is 4.79 Å². The van der Waals surface area contributed by atoms with Gasteiger partial charge in [-0.15, -0.1) is 11.3 Å². The van der Waals surface area contributed by atoms with E-state index in [4.69, 9.17) is 5.73 Å². The summed E-state index contributed by atoms with van der Waals surface area (Å²) in [5.41, 5.74) is 7.57. The zero-order valence-electron chi connectivity index (χ0n) is 11.5. The first kappa shape index (κ1) is 14.5. The molecule has 5 heteroatoms. The summed E-state index contributed by atoms with van der Waals surface area (Å²) in [7, 11) is 0. The molecule has 1 amide bonds. The number of nitrogen functional groups attached to an aromatic ring is 1. The molecule has 1 atom stereocenters. The van der Waals surface area contributed by atoms with Crippen molar-refractivity contribution in [2.45, 2.75) is 25.7 Å². The fourth-order valence-corrected chi connectivity index (χ4v) is 2.57. The summed E-state index contributed by atoms with van der Waals surface area (Å²) in [6.45, 7) is 2.84. The minimum Gasteiger partial charge on any atom is -0.375 e. The van der Waals surface area contributed by atoms with Gasteiger partial charge in [-0.05, 0) is 17.9 Å². The number of amides is 1. The van der Waals surface area contributed by atoms with Crippen LogP contribution >= 0.6 is 11.3 Å². The first-order valence-corrected chi connectivity index (χ1v) is 7.54. The minimum atomic E-state index is -0.00411. The largest absolute Gasteiger partial charge is 0.375 e. The van der Waals surface area contributed by atoms with E-state index in [1.807, 2.05) is 23.6 Å². The maximum atomic E-state index is 11.8. The van der Waals surface area contributed by atoms with E-state index in [9.17, 15) is 4.79 Å². The Labute approximate surface area is 123 Å². The van der Waals surface area contributed by atoms with Gasteiger partial charge in [0.15, 0.2) is 5.13 Å². The molecule has 2 rings (SSSR count). The third-order valence-corrected chi connectivity index (χ3v) is 3.90. The number of carbonyl (C=O) groups excluding carboxylic acids is 1. The van der Waals surface area contributed by atoms with Crippen molar-refractivity contribution in [2.75, 3.05) is 12.3 Å². The first-order valence-electron chi connectivity index (χ1n) is 6.66. The number of benzene rings is 1. The summed E-state index contributed by atoms with van der Waals surface area (Å²) < 4.78 is 0. The van der Waals surface area contributed by atoms with E-state index in [0.717, 1.165) is 12.1 Å². The highest BCUT2D eigenvalue weighted by Crippen LogP contribution is 2.17. The molecule has 0 saturated carbocycles. The summed E-state index contributed by atoms with van der Waals surface area (Å²) >= 11 is 1.36. The molecule has 0 spiro atoms. The molecule has 0 aliphatic carbocycles. The molecule has 0 fully saturated rings. The highest BCUT2D eigenvalue weighted by molar-refractivity contribution is 7.13. The lowest BCUT2D eigenvalue weighted by molar-refractivity contribution is -0.120. The van der Waals surface area contributed by atoms with E-state index in [1.54, 1.807) is 0 Å². The fraction of sp³-hybridized carbons (Fsp3) is 0.333. The number of carbonyl (C=O) groups is 1. The van der Waals surface area contributed by atoms with Gasteiger partial charge in [-0.25, -0.2) is 4.98 Å². The smallest absolute Gasteiger partial charge is 0.226 e. The topological polar surface area (TPSA) is 68.0 Å². The fourth-order valence-electron chi connectivity index (χ4n) is 2.01. The van der Waals surface area contributed by atoms with Crippen molar-refractivity contribution in [3.05, 3.63) is 47.0 Å². The normalized spacial score (nSPS) is 12.1. The van der Waals surface area contributed by atoms with Crippen LogP contribution in [0.2, 0.25) is 0 Å². The van der Waals surface area contributed by atoms with Crippen molar-refractivity contribution in [1.29, 1.82) is 0 Å². The van der Waals surface area contributed by atoms with Gasteiger partial charge >= 0.3 is 0 Å². The number of nitrogens with two attached hydrogens (primary N) is 1. The van der Waals surface area contributed by atoms with Crippen molar-refractivity contribution in [3.8, 4) is 0 Å². The number of hydrogen-bond donors (Lipinski definition) is 2. The number of nitrogens with zero attached hydrogens (tertiary/aromatic N) is 1. The molecule has 0 bridgehead atoms. The van der Waals surface area contributed by atoms with Crippen LogP contribution in [0.25, 0.3) is 0 Å². The van der Waals surface area contributed by atoms with Crippen molar-refractivity contribution in [3.63, 3.8) is 0 Å². The predicted molar refractivity (Wildman–Crippen MR) is 82.7 cm³/mol. The average molecular weight is 289 g/mol. The van der Waals surface area contributed by atoms with Gasteiger partial charge in [-0.3, -0.25) is 4.79 Å². The molecular formula is C15H19N3OS. The maximum absolute atomic E-state index is 11.8. The summed E-state index contributed by atoms with van der Waals surface area (Å²) in [5, 5.41) is 5.25. The third-order valence-electron chi connectivity index (χ3n) is 3.18. The summed E-state index contributed by atoms with van der Waals surface area (Å²) in [6, 6.07) is 10.3. The van der Waals surface area contributed by atoms with Gasteiger partial charge in [0.1, 0.15) is 0 Å². The molecule has 106 valence electrons. The zero-order valence-corrected chi connectivity index (χ0v) is 12.3. The molecule has 1 aromatic heterocycles. The number of aromatic nitrogens is 1. The molecule has 1 unspecified atom stereocenters.